The van der Waals surface area contributed by atoms with E-state index in [1.165, 1.54) is 17.0 Å². The number of halogens is 3. The summed E-state index contributed by atoms with van der Waals surface area (Å²) in [5, 5.41) is 9.44. The van der Waals surface area contributed by atoms with E-state index in [0.717, 1.165) is 42.5 Å². The molecule has 0 fully saturated rings. The van der Waals surface area contributed by atoms with Crippen LogP contribution >= 0.6 is 0 Å². The van der Waals surface area contributed by atoms with Gasteiger partial charge in [-0.3, -0.25) is 19.3 Å². The Labute approximate surface area is 260 Å². The molecule has 2 amide bonds. The van der Waals surface area contributed by atoms with Crippen LogP contribution in [0.5, 0.6) is 5.75 Å². The lowest BCUT2D eigenvalue weighted by molar-refractivity contribution is -0.144. The zero-order valence-corrected chi connectivity index (χ0v) is 25.3. The maximum Gasteiger partial charge on any atom is 0.416 e. The van der Waals surface area contributed by atoms with Gasteiger partial charge in [0.1, 0.15) is 11.6 Å². The fourth-order valence-corrected chi connectivity index (χ4v) is 5.41. The van der Waals surface area contributed by atoms with Crippen LogP contribution in [0.1, 0.15) is 67.7 Å². The fourth-order valence-electron chi connectivity index (χ4n) is 5.41. The van der Waals surface area contributed by atoms with Gasteiger partial charge in [0.15, 0.2) is 0 Å². The monoisotopic (exact) mass is 625 g/mol. The average molecular weight is 626 g/mol. The molecular weight excluding hydrogens is 587 g/mol. The number of alkyl halides is 3. The average Bonchev–Trinajstić information content (AvgIpc) is 3.12. The van der Waals surface area contributed by atoms with E-state index in [0.29, 0.717) is 43.1 Å². The number of carbonyl (C=O) groups is 3. The number of hydrogen-bond donors (Lipinski definition) is 1. The number of carboxylic acids is 1. The molecule has 3 aromatic rings. The van der Waals surface area contributed by atoms with E-state index in [9.17, 15) is 32.7 Å². The molecule has 0 bridgehead atoms. The van der Waals surface area contributed by atoms with E-state index >= 15 is 0 Å². The van der Waals surface area contributed by atoms with Gasteiger partial charge in [-0.2, -0.15) is 13.2 Å². The third kappa shape index (κ3) is 9.54. The van der Waals surface area contributed by atoms with Crippen LogP contribution in [0.4, 0.5) is 19.0 Å². The van der Waals surface area contributed by atoms with Crippen molar-refractivity contribution < 1.29 is 37.4 Å². The molecule has 0 radical (unpaired) electrons. The smallest absolute Gasteiger partial charge is 0.416 e. The van der Waals surface area contributed by atoms with E-state index in [1.807, 2.05) is 18.2 Å². The largest absolute Gasteiger partial charge is 0.494 e. The van der Waals surface area contributed by atoms with Crippen molar-refractivity contribution in [3.05, 3.63) is 89.1 Å². The van der Waals surface area contributed by atoms with Crippen molar-refractivity contribution >= 4 is 23.6 Å². The summed E-state index contributed by atoms with van der Waals surface area (Å²) in [6.45, 7) is 3.03. The Morgan fingerprint density at radius 2 is 1.82 bits per heavy atom. The van der Waals surface area contributed by atoms with Gasteiger partial charge in [-0.15, -0.1) is 0 Å². The first-order valence-electron chi connectivity index (χ1n) is 15.2. The number of aliphatic carboxylic acids is 1. The van der Waals surface area contributed by atoms with Crippen LogP contribution in [0, 0.1) is 5.92 Å². The Morgan fingerprint density at radius 3 is 2.49 bits per heavy atom. The maximum absolute atomic E-state index is 13.4. The summed E-state index contributed by atoms with van der Waals surface area (Å²) < 4.78 is 45.1. The molecule has 45 heavy (non-hydrogen) atoms. The highest BCUT2D eigenvalue weighted by atomic mass is 19.4. The van der Waals surface area contributed by atoms with Crippen molar-refractivity contribution in [3.63, 3.8) is 0 Å². The third-order valence-corrected chi connectivity index (χ3v) is 7.76. The standard InChI is InChI=1S/C34H38F3N3O5/c1-2-3-4-9-31(41)40(30-8-5-6-16-38-30)17-7-18-45-29-15-12-25-19-26(21-32(42)43)33(44)39(23-27(25)20-29)22-24-10-13-28(14-11-24)34(35,36)37/h5-6,8,10-16,20,26H,2-4,7,9,17-19,21-23H2,1H3,(H,42,43)/t26-/m1/s1. The Balaban J connectivity index is 1.44. The zero-order valence-electron chi connectivity index (χ0n) is 25.3. The Bertz CT molecular complexity index is 1450. The van der Waals surface area contributed by atoms with Gasteiger partial charge in [0, 0.05) is 32.3 Å². The number of nitrogens with zero attached hydrogens (tertiary/aromatic N) is 3. The van der Waals surface area contributed by atoms with Crippen molar-refractivity contribution in [1.82, 2.24) is 9.88 Å². The molecule has 1 aliphatic rings. The number of benzene rings is 2. The lowest BCUT2D eigenvalue weighted by Crippen LogP contribution is -2.35. The molecule has 1 N–H and O–H groups in total. The molecule has 0 aliphatic carbocycles. The molecule has 1 atom stereocenters. The van der Waals surface area contributed by atoms with Crippen LogP contribution in [0.3, 0.4) is 0 Å². The number of carbonyl (C=O) groups excluding carboxylic acids is 2. The first-order chi connectivity index (χ1) is 21.5. The number of carboxylic acid groups (broad SMARTS) is 1. The molecule has 8 nitrogen and oxygen atoms in total. The summed E-state index contributed by atoms with van der Waals surface area (Å²) in [4.78, 5) is 45.4. The second-order valence-electron chi connectivity index (χ2n) is 11.2. The van der Waals surface area contributed by atoms with Crippen molar-refractivity contribution in [1.29, 1.82) is 0 Å². The topological polar surface area (TPSA) is 100 Å². The van der Waals surface area contributed by atoms with Crippen LogP contribution in [0.25, 0.3) is 0 Å². The van der Waals surface area contributed by atoms with Crippen LogP contribution in [-0.4, -0.2) is 45.9 Å². The van der Waals surface area contributed by atoms with E-state index in [4.69, 9.17) is 4.74 Å². The van der Waals surface area contributed by atoms with Gasteiger partial charge in [0.2, 0.25) is 11.8 Å². The van der Waals surface area contributed by atoms with Crippen LogP contribution in [0.2, 0.25) is 0 Å². The number of hydrogen-bond acceptors (Lipinski definition) is 5. The summed E-state index contributed by atoms with van der Waals surface area (Å²) >= 11 is 0. The number of anilines is 1. The molecule has 2 heterocycles. The number of pyridine rings is 1. The van der Waals surface area contributed by atoms with Crippen molar-refractivity contribution in [2.24, 2.45) is 5.92 Å². The highest BCUT2D eigenvalue weighted by Crippen LogP contribution is 2.31. The number of rotatable bonds is 14. The second-order valence-corrected chi connectivity index (χ2v) is 11.2. The minimum atomic E-state index is -4.47. The van der Waals surface area contributed by atoms with Gasteiger partial charge in [0.25, 0.3) is 0 Å². The molecular formula is C34H38F3N3O5. The minimum Gasteiger partial charge on any atom is -0.494 e. The SMILES string of the molecule is CCCCCC(=O)N(CCCOc1ccc2c(c1)CN(Cc1ccc(C(F)(F)F)cc1)C(=O)[C@@H](CC(=O)O)C2)c1ccccn1. The fraction of sp³-hybridized carbons (Fsp3) is 0.412. The number of aromatic nitrogens is 1. The summed E-state index contributed by atoms with van der Waals surface area (Å²) in [6.07, 6.45) is 0.858. The van der Waals surface area contributed by atoms with Crippen molar-refractivity contribution in [3.8, 4) is 5.75 Å². The zero-order chi connectivity index (χ0) is 32.4. The van der Waals surface area contributed by atoms with Gasteiger partial charge in [-0.05, 0) is 72.4 Å². The molecule has 2 aromatic carbocycles. The molecule has 0 saturated heterocycles. The Morgan fingerprint density at radius 1 is 1.04 bits per heavy atom. The molecule has 0 spiro atoms. The highest BCUT2D eigenvalue weighted by molar-refractivity contribution is 5.92. The van der Waals surface area contributed by atoms with E-state index in [2.05, 4.69) is 11.9 Å². The lowest BCUT2D eigenvalue weighted by atomic mass is 9.94. The van der Waals surface area contributed by atoms with Crippen molar-refractivity contribution in [2.75, 3.05) is 18.1 Å². The van der Waals surface area contributed by atoms with Gasteiger partial charge in [-0.25, -0.2) is 4.98 Å². The van der Waals surface area contributed by atoms with Gasteiger partial charge < -0.3 is 14.7 Å². The van der Waals surface area contributed by atoms with Crippen LogP contribution < -0.4 is 9.64 Å². The molecule has 4 rings (SSSR count). The first kappa shape index (κ1) is 33.5. The summed E-state index contributed by atoms with van der Waals surface area (Å²) in [6, 6.07) is 15.5. The number of ether oxygens (including phenoxy) is 1. The van der Waals surface area contributed by atoms with Gasteiger partial charge in [0.05, 0.1) is 24.5 Å². The minimum absolute atomic E-state index is 0.0147. The van der Waals surface area contributed by atoms with E-state index < -0.39 is 23.6 Å². The van der Waals surface area contributed by atoms with Crippen LogP contribution in [0.15, 0.2) is 66.9 Å². The predicted molar refractivity (Wildman–Crippen MR) is 162 cm³/mol. The predicted octanol–water partition coefficient (Wildman–Crippen LogP) is 6.66. The number of amides is 2. The van der Waals surface area contributed by atoms with Gasteiger partial charge >= 0.3 is 12.1 Å². The highest BCUT2D eigenvalue weighted by Gasteiger charge is 2.33. The molecule has 1 aliphatic heterocycles. The van der Waals surface area contributed by atoms with E-state index in [-0.39, 0.29) is 37.7 Å². The first-order valence-corrected chi connectivity index (χ1v) is 15.2. The summed E-state index contributed by atoms with van der Waals surface area (Å²) in [5.74, 6) is -1.11. The van der Waals surface area contributed by atoms with Gasteiger partial charge in [-0.1, -0.05) is 44.0 Å². The normalized spacial score (nSPS) is 14.9. The van der Waals surface area contributed by atoms with Crippen molar-refractivity contribution in [2.45, 2.75) is 71.1 Å². The lowest BCUT2D eigenvalue weighted by Gasteiger charge is -2.24. The maximum atomic E-state index is 13.4. The molecule has 1 aromatic heterocycles. The summed E-state index contributed by atoms with van der Waals surface area (Å²) in [5.41, 5.74) is 1.31. The third-order valence-electron chi connectivity index (χ3n) is 7.76. The quantitative estimate of drug-likeness (QED) is 0.201. The Hall–Kier alpha value is -4.41. The number of fused-ring (bicyclic) bond motifs is 1. The molecule has 0 unspecified atom stereocenters. The Kier molecular flexibility index (Phi) is 11.6. The molecule has 240 valence electrons. The van der Waals surface area contributed by atoms with Crippen LogP contribution in [-0.2, 0) is 40.1 Å². The summed E-state index contributed by atoms with van der Waals surface area (Å²) in [7, 11) is 0. The van der Waals surface area contributed by atoms with E-state index in [1.54, 1.807) is 29.3 Å². The molecule has 0 saturated carbocycles. The number of unbranched alkanes of at least 4 members (excludes halogenated alkanes) is 2. The second kappa shape index (κ2) is 15.5. The molecule has 11 heteroatoms.